The van der Waals surface area contributed by atoms with Crippen LogP contribution in [0.2, 0.25) is 0 Å². The van der Waals surface area contributed by atoms with Gasteiger partial charge in [-0.1, -0.05) is 41.5 Å². The van der Waals surface area contributed by atoms with Crippen molar-refractivity contribution in [3.05, 3.63) is 12.7 Å². The van der Waals surface area contributed by atoms with E-state index in [1.165, 1.54) is 38.5 Å². The summed E-state index contributed by atoms with van der Waals surface area (Å²) in [5, 5.41) is 0.362. The van der Waals surface area contributed by atoms with Crippen molar-refractivity contribution >= 4 is 27.4 Å². The third-order valence-electron chi connectivity index (χ3n) is 9.44. The Bertz CT molecular complexity index is 621. The summed E-state index contributed by atoms with van der Waals surface area (Å²) in [5.41, 5.74) is 0.744. The summed E-state index contributed by atoms with van der Waals surface area (Å²) >= 11 is 0. The average molecular weight is 393 g/mol. The molecule has 1 aliphatic heterocycles. The van der Waals surface area contributed by atoms with E-state index >= 15 is 0 Å². The van der Waals surface area contributed by atoms with Crippen LogP contribution >= 0.6 is 21.6 Å². The fraction of sp³-hybridized carbons (Fsp3) is 0.864. The lowest BCUT2D eigenvalue weighted by atomic mass is 9.44. The number of hydrogen-bond acceptors (Lipinski definition) is 4. The summed E-state index contributed by atoms with van der Waals surface area (Å²) in [5.74, 6) is 4.83. The molecule has 0 aromatic carbocycles. The van der Waals surface area contributed by atoms with Gasteiger partial charge in [-0.15, -0.1) is 6.58 Å². The van der Waals surface area contributed by atoms with Crippen LogP contribution in [0, 0.1) is 40.4 Å². The molecule has 4 saturated carbocycles. The number of ketones is 1. The molecule has 0 spiro atoms. The Morgan fingerprint density at radius 2 is 2.00 bits per heavy atom. The van der Waals surface area contributed by atoms with Crippen LogP contribution in [0.15, 0.2) is 12.7 Å². The third-order valence-corrected chi connectivity index (χ3v) is 12.1. The molecule has 1 heterocycles. The second kappa shape index (κ2) is 6.29. The Morgan fingerprint density at radius 3 is 2.81 bits per heavy atom. The molecule has 5 rings (SSSR count). The highest BCUT2D eigenvalue weighted by atomic mass is 33.1. The molecule has 4 heteroatoms. The number of carbonyl (C=O) groups is 1. The Hall–Kier alpha value is 0.0700. The number of ether oxygens (including phenoxy) is 1. The van der Waals surface area contributed by atoms with E-state index < -0.39 is 0 Å². The van der Waals surface area contributed by atoms with E-state index in [2.05, 4.69) is 26.5 Å². The van der Waals surface area contributed by atoms with E-state index in [9.17, 15) is 4.79 Å². The van der Waals surface area contributed by atoms with Crippen LogP contribution in [0.1, 0.15) is 58.8 Å². The first-order valence-corrected chi connectivity index (χ1v) is 12.9. The van der Waals surface area contributed by atoms with Crippen LogP contribution in [-0.4, -0.2) is 23.1 Å². The molecule has 0 bridgehead atoms. The van der Waals surface area contributed by atoms with Crippen LogP contribution < -0.4 is 0 Å². The Morgan fingerprint density at radius 1 is 1.15 bits per heavy atom. The van der Waals surface area contributed by atoms with E-state index in [1.807, 2.05) is 21.6 Å². The lowest BCUT2D eigenvalue weighted by molar-refractivity contribution is -0.156. The fourth-order valence-electron chi connectivity index (χ4n) is 8.05. The van der Waals surface area contributed by atoms with Crippen molar-refractivity contribution in [1.29, 1.82) is 0 Å². The summed E-state index contributed by atoms with van der Waals surface area (Å²) < 4.78 is 6.01. The van der Waals surface area contributed by atoms with Crippen LogP contribution in [0.25, 0.3) is 0 Å². The number of allylic oxidation sites excluding steroid dienone is 1. The van der Waals surface area contributed by atoms with Gasteiger partial charge in [0.25, 0.3) is 0 Å². The van der Waals surface area contributed by atoms with Gasteiger partial charge in [0, 0.05) is 6.42 Å². The molecule has 0 amide bonds. The highest BCUT2D eigenvalue weighted by molar-refractivity contribution is 8.77. The monoisotopic (exact) mass is 392 g/mol. The molecule has 0 aromatic rings. The van der Waals surface area contributed by atoms with Gasteiger partial charge in [0.15, 0.2) is 5.78 Å². The second-order valence-corrected chi connectivity index (χ2v) is 12.4. The minimum Gasteiger partial charge on any atom is -0.358 e. The van der Waals surface area contributed by atoms with Gasteiger partial charge in [-0.25, -0.2) is 0 Å². The van der Waals surface area contributed by atoms with Gasteiger partial charge in [0.05, 0.1) is 5.25 Å². The Balaban J connectivity index is 1.50. The predicted molar refractivity (Wildman–Crippen MR) is 110 cm³/mol. The van der Waals surface area contributed by atoms with E-state index in [-0.39, 0.29) is 11.5 Å². The molecule has 9 atom stereocenters. The van der Waals surface area contributed by atoms with Gasteiger partial charge in [0.2, 0.25) is 0 Å². The lowest BCUT2D eigenvalue weighted by Gasteiger charge is -2.63. The number of hydrogen-bond donors (Lipinski definition) is 0. The molecular formula is C22H32O2S2. The van der Waals surface area contributed by atoms with Crippen LogP contribution in [0.5, 0.6) is 0 Å². The maximum Gasteiger partial charge on any atom is 0.163 e. The van der Waals surface area contributed by atoms with Gasteiger partial charge >= 0.3 is 0 Å². The first-order chi connectivity index (χ1) is 12.5. The highest BCUT2D eigenvalue weighted by Gasteiger charge is 2.64. The fourth-order valence-corrected chi connectivity index (χ4v) is 11.1. The minimum atomic E-state index is -0.140. The lowest BCUT2D eigenvalue weighted by Crippen LogP contribution is -2.62. The van der Waals surface area contributed by atoms with E-state index in [0.29, 0.717) is 34.2 Å². The van der Waals surface area contributed by atoms with Crippen molar-refractivity contribution in [3.8, 4) is 0 Å². The molecular weight excluding hydrogens is 360 g/mol. The zero-order valence-electron chi connectivity index (χ0n) is 16.1. The standard InChI is InChI=1S/C22H32O2S2/c1-4-13-6-8-16-15-7-5-14-11-18(23)19-20(26-25-12-24-19)22(14,3)17(15)9-10-21(13,16)2/h4,13-17,19-20H,1,5-12H2,2-3H3/t13-,14-,15-,16-,17-,19-,20-,21+,22-/m0/s1. The predicted octanol–water partition coefficient (Wildman–Crippen LogP) is 5.73. The molecule has 0 aromatic heterocycles. The molecule has 144 valence electrons. The highest BCUT2D eigenvalue weighted by Crippen LogP contribution is 2.69. The van der Waals surface area contributed by atoms with Gasteiger partial charge < -0.3 is 4.74 Å². The maximum atomic E-state index is 12.7. The number of rotatable bonds is 1. The van der Waals surface area contributed by atoms with Crippen molar-refractivity contribution < 1.29 is 9.53 Å². The van der Waals surface area contributed by atoms with Crippen molar-refractivity contribution in [2.24, 2.45) is 40.4 Å². The van der Waals surface area contributed by atoms with Gasteiger partial charge in [0.1, 0.15) is 12.0 Å². The van der Waals surface area contributed by atoms with Crippen LogP contribution in [0.3, 0.4) is 0 Å². The van der Waals surface area contributed by atoms with Crippen molar-refractivity contribution in [1.82, 2.24) is 0 Å². The first kappa shape index (κ1) is 18.1. The molecule has 4 aliphatic carbocycles. The summed E-state index contributed by atoms with van der Waals surface area (Å²) in [4.78, 5) is 12.7. The molecule has 0 radical (unpaired) electrons. The van der Waals surface area contributed by atoms with Gasteiger partial charge in [-0.05, 0) is 78.9 Å². The molecule has 0 unspecified atom stereocenters. The van der Waals surface area contributed by atoms with E-state index in [4.69, 9.17) is 4.74 Å². The molecule has 5 aliphatic rings. The number of carbonyl (C=O) groups excluding carboxylic acids is 1. The normalized spacial score (nSPS) is 56.1. The molecule has 1 saturated heterocycles. The molecule has 26 heavy (non-hydrogen) atoms. The quantitative estimate of drug-likeness (QED) is 0.421. The topological polar surface area (TPSA) is 26.3 Å². The summed E-state index contributed by atoms with van der Waals surface area (Å²) in [6, 6.07) is 0. The van der Waals surface area contributed by atoms with E-state index in [0.717, 1.165) is 24.2 Å². The average Bonchev–Trinajstić information content (AvgIpc) is 2.99. The first-order valence-electron chi connectivity index (χ1n) is 10.5. The minimum absolute atomic E-state index is 0.140. The molecule has 0 N–H and O–H groups in total. The summed E-state index contributed by atoms with van der Waals surface area (Å²) in [7, 11) is 3.80. The largest absolute Gasteiger partial charge is 0.358 e. The zero-order chi connectivity index (χ0) is 18.1. The Labute approximate surface area is 166 Å². The second-order valence-electron chi connectivity index (χ2n) is 9.99. The van der Waals surface area contributed by atoms with Crippen molar-refractivity contribution in [2.75, 3.05) is 5.94 Å². The Kier molecular flexibility index (Phi) is 4.38. The van der Waals surface area contributed by atoms with E-state index in [1.54, 1.807) is 0 Å². The van der Waals surface area contributed by atoms with Crippen molar-refractivity contribution in [3.63, 3.8) is 0 Å². The molecule has 2 nitrogen and oxygen atoms in total. The smallest absolute Gasteiger partial charge is 0.163 e. The van der Waals surface area contributed by atoms with Crippen molar-refractivity contribution in [2.45, 2.75) is 70.1 Å². The summed E-state index contributed by atoms with van der Waals surface area (Å²) in [6.07, 6.45) is 10.9. The third kappa shape index (κ3) is 2.27. The summed E-state index contributed by atoms with van der Waals surface area (Å²) in [6.45, 7) is 9.27. The molecule has 5 fully saturated rings. The SMILES string of the molecule is C=C[C@H]1CC[C@H]2[C@@H]3CC[C@H]4CC(=O)[C@@H]5OCSS[C@@H]5[C@]4(C)[C@H]3CC[C@]12C. The zero-order valence-corrected chi connectivity index (χ0v) is 17.7. The van der Waals surface area contributed by atoms with Crippen LogP contribution in [0.4, 0.5) is 0 Å². The van der Waals surface area contributed by atoms with Gasteiger partial charge in [-0.2, -0.15) is 0 Å². The van der Waals surface area contributed by atoms with Gasteiger partial charge in [-0.3, -0.25) is 4.79 Å². The van der Waals surface area contributed by atoms with Crippen LogP contribution in [-0.2, 0) is 9.53 Å². The number of Topliss-reactive ketones (excluding diaryl/α,β-unsaturated/α-hetero) is 1. The maximum absolute atomic E-state index is 12.7. The number of fused-ring (bicyclic) bond motifs is 7.